The Balaban J connectivity index is 1.62. The van der Waals surface area contributed by atoms with Crippen LogP contribution in [-0.2, 0) is 0 Å². The van der Waals surface area contributed by atoms with Gasteiger partial charge >= 0.3 is 0 Å². The van der Waals surface area contributed by atoms with Gasteiger partial charge in [-0.1, -0.05) is 42.5 Å². The van der Waals surface area contributed by atoms with Crippen LogP contribution in [0.2, 0.25) is 0 Å². The lowest BCUT2D eigenvalue weighted by Crippen LogP contribution is -2.32. The lowest BCUT2D eigenvalue weighted by molar-refractivity contribution is 0.221. The molecule has 3 heterocycles. The molecule has 176 valence electrons. The van der Waals surface area contributed by atoms with Gasteiger partial charge in [0, 0.05) is 16.7 Å². The molecule has 0 bridgehead atoms. The summed E-state index contributed by atoms with van der Waals surface area (Å²) in [4.78, 5) is 4.48. The van der Waals surface area contributed by atoms with Crippen LogP contribution in [0.4, 0.5) is 5.95 Å². The molecule has 3 aromatic carbocycles. The maximum absolute atomic E-state index is 6.69. The second-order valence-corrected chi connectivity index (χ2v) is 8.25. The van der Waals surface area contributed by atoms with Crippen molar-refractivity contribution in [3.05, 3.63) is 95.3 Å². The molecule has 8 heteroatoms. The molecule has 2 atom stereocenters. The third kappa shape index (κ3) is 3.29. The van der Waals surface area contributed by atoms with Gasteiger partial charge in [-0.3, -0.25) is 0 Å². The number of hydrogen-bond acceptors (Lipinski definition) is 7. The average molecular weight is 469 g/mol. The first-order valence-corrected chi connectivity index (χ1v) is 11.2. The van der Waals surface area contributed by atoms with Gasteiger partial charge in [0.25, 0.3) is 0 Å². The van der Waals surface area contributed by atoms with Gasteiger partial charge in [-0.05, 0) is 29.8 Å². The Morgan fingerprint density at radius 1 is 0.857 bits per heavy atom. The van der Waals surface area contributed by atoms with E-state index in [0.717, 1.165) is 33.7 Å². The van der Waals surface area contributed by atoms with E-state index in [9.17, 15) is 0 Å². The van der Waals surface area contributed by atoms with Crippen molar-refractivity contribution in [3.8, 4) is 23.0 Å². The fraction of sp³-hybridized carbons (Fsp3) is 0.185. The largest absolute Gasteiger partial charge is 0.493 e. The van der Waals surface area contributed by atoms with Crippen molar-refractivity contribution in [2.24, 2.45) is 0 Å². The highest BCUT2D eigenvalue weighted by atomic mass is 16.5. The summed E-state index contributed by atoms with van der Waals surface area (Å²) in [5.41, 5.74) is 4.89. The first kappa shape index (κ1) is 21.1. The van der Waals surface area contributed by atoms with Gasteiger partial charge < -0.3 is 24.3 Å². The van der Waals surface area contributed by atoms with Crippen molar-refractivity contribution in [2.45, 2.75) is 12.1 Å². The van der Waals surface area contributed by atoms with E-state index in [1.165, 1.54) is 0 Å². The Bertz CT molecular complexity index is 1410. The van der Waals surface area contributed by atoms with Crippen LogP contribution in [-0.4, -0.2) is 36.1 Å². The van der Waals surface area contributed by atoms with E-state index in [1.807, 2.05) is 53.2 Å². The molecule has 0 radical (unpaired) electrons. The zero-order valence-corrected chi connectivity index (χ0v) is 19.6. The summed E-state index contributed by atoms with van der Waals surface area (Å²) in [6, 6.07) is 21.9. The summed E-state index contributed by atoms with van der Waals surface area (Å²) >= 11 is 0. The number of fused-ring (bicyclic) bond motifs is 3. The van der Waals surface area contributed by atoms with Crippen molar-refractivity contribution in [1.29, 1.82) is 0 Å². The molecule has 8 nitrogen and oxygen atoms in total. The summed E-state index contributed by atoms with van der Waals surface area (Å²) in [5.74, 6) is 3.11. The molecule has 4 aromatic rings. The Kier molecular flexibility index (Phi) is 5.06. The molecule has 35 heavy (non-hydrogen) atoms. The van der Waals surface area contributed by atoms with Crippen LogP contribution in [0.5, 0.6) is 23.0 Å². The predicted octanol–water partition coefficient (Wildman–Crippen LogP) is 4.86. The van der Waals surface area contributed by atoms with Crippen LogP contribution in [0.25, 0.3) is 5.70 Å². The smallest absolute Gasteiger partial charge is 0.226 e. The maximum Gasteiger partial charge on any atom is 0.226 e. The molecule has 1 aromatic heterocycles. The number of benzene rings is 3. The quantitative estimate of drug-likeness (QED) is 0.448. The van der Waals surface area contributed by atoms with Gasteiger partial charge in [-0.25, -0.2) is 4.68 Å². The zero-order chi connectivity index (χ0) is 23.9. The number of aromatic nitrogens is 3. The van der Waals surface area contributed by atoms with Crippen molar-refractivity contribution in [2.75, 3.05) is 26.6 Å². The highest BCUT2D eigenvalue weighted by molar-refractivity contribution is 5.85. The number of nitrogens with zero attached hydrogens (tertiary/aromatic N) is 3. The van der Waals surface area contributed by atoms with E-state index in [-0.39, 0.29) is 6.04 Å². The van der Waals surface area contributed by atoms with Crippen molar-refractivity contribution >= 4 is 11.6 Å². The minimum Gasteiger partial charge on any atom is -0.493 e. The second kappa shape index (κ2) is 8.39. The van der Waals surface area contributed by atoms with Crippen LogP contribution in [0.15, 0.2) is 78.6 Å². The van der Waals surface area contributed by atoms with Crippen molar-refractivity contribution in [1.82, 2.24) is 14.8 Å². The molecule has 0 amide bonds. The second-order valence-electron chi connectivity index (χ2n) is 8.25. The summed E-state index contributed by atoms with van der Waals surface area (Å²) in [5, 5.41) is 8.08. The minimum atomic E-state index is -0.455. The van der Waals surface area contributed by atoms with Crippen LogP contribution in [0, 0.1) is 0 Å². The topological polar surface area (TPSA) is 79.7 Å². The molecular formula is C27H24N4O4. The monoisotopic (exact) mass is 468 g/mol. The molecule has 2 aliphatic rings. The number of nitrogens with one attached hydrogen (secondary N) is 1. The zero-order valence-electron chi connectivity index (χ0n) is 19.6. The molecule has 0 saturated heterocycles. The van der Waals surface area contributed by atoms with Gasteiger partial charge in [0.05, 0.1) is 27.0 Å². The Morgan fingerprint density at radius 3 is 2.29 bits per heavy atom. The predicted molar refractivity (Wildman–Crippen MR) is 131 cm³/mol. The van der Waals surface area contributed by atoms with Gasteiger partial charge in [0.1, 0.15) is 24.2 Å². The molecule has 0 fully saturated rings. The van der Waals surface area contributed by atoms with Crippen molar-refractivity contribution < 1.29 is 18.9 Å². The lowest BCUT2D eigenvalue weighted by Gasteiger charge is -2.39. The van der Waals surface area contributed by atoms with Crippen molar-refractivity contribution in [3.63, 3.8) is 0 Å². The first-order chi connectivity index (χ1) is 17.2. The van der Waals surface area contributed by atoms with Crippen LogP contribution in [0.3, 0.4) is 0 Å². The normalized spacial score (nSPS) is 17.9. The fourth-order valence-electron chi connectivity index (χ4n) is 4.90. The minimum absolute atomic E-state index is 0.234. The SMILES string of the molecule is COc1cc([C@H]2Oc3ccccc3C3=C2[C@@H](c2ccccc2)n2ncnc2N3)cc(OC)c1OC. The summed E-state index contributed by atoms with van der Waals surface area (Å²) in [6.45, 7) is 0. The average Bonchev–Trinajstić information content (AvgIpc) is 3.39. The van der Waals surface area contributed by atoms with E-state index >= 15 is 0 Å². The summed E-state index contributed by atoms with van der Waals surface area (Å²) in [6.07, 6.45) is 1.11. The fourth-order valence-corrected chi connectivity index (χ4v) is 4.90. The van der Waals surface area contributed by atoms with Gasteiger partial charge in [0.2, 0.25) is 11.7 Å². The molecule has 0 aliphatic carbocycles. The van der Waals surface area contributed by atoms with E-state index in [2.05, 4.69) is 33.6 Å². The van der Waals surface area contributed by atoms with Gasteiger partial charge in [0.15, 0.2) is 11.5 Å². The van der Waals surface area contributed by atoms with E-state index in [1.54, 1.807) is 27.7 Å². The molecule has 0 spiro atoms. The highest BCUT2D eigenvalue weighted by Gasteiger charge is 2.41. The third-order valence-corrected chi connectivity index (χ3v) is 6.43. The molecular weight excluding hydrogens is 444 g/mol. The molecule has 1 N–H and O–H groups in total. The number of hydrogen-bond donors (Lipinski definition) is 1. The highest BCUT2D eigenvalue weighted by Crippen LogP contribution is 2.52. The maximum atomic E-state index is 6.69. The Hall–Kier alpha value is -4.46. The Labute approximate surface area is 202 Å². The number of rotatable bonds is 5. The van der Waals surface area contributed by atoms with Crippen LogP contribution < -0.4 is 24.3 Å². The van der Waals surface area contributed by atoms with Gasteiger partial charge in [-0.2, -0.15) is 10.1 Å². The number of para-hydroxylation sites is 1. The molecule has 0 saturated carbocycles. The number of ether oxygens (including phenoxy) is 4. The van der Waals surface area contributed by atoms with Crippen LogP contribution >= 0.6 is 0 Å². The third-order valence-electron chi connectivity index (χ3n) is 6.43. The lowest BCUT2D eigenvalue weighted by atomic mass is 9.84. The van der Waals surface area contributed by atoms with Gasteiger partial charge in [-0.15, -0.1) is 0 Å². The standard InChI is InChI=1S/C27H24N4O4/c1-32-20-13-17(14-21(33-2)26(20)34-3)25-22-23(18-11-7-8-12-19(18)35-25)30-27-28-15-29-31(27)24(22)16-9-5-4-6-10-16/h4-15,24-25H,1-3H3,(H,28,29,30)/t24-,25-/m1/s1. The van der Waals surface area contributed by atoms with Crippen LogP contribution in [0.1, 0.15) is 28.8 Å². The van der Waals surface area contributed by atoms with E-state index < -0.39 is 6.10 Å². The first-order valence-electron chi connectivity index (χ1n) is 11.2. The van der Waals surface area contributed by atoms with E-state index in [4.69, 9.17) is 18.9 Å². The number of anilines is 1. The summed E-state index contributed by atoms with van der Waals surface area (Å²) in [7, 11) is 4.82. The van der Waals surface area contributed by atoms with E-state index in [0.29, 0.717) is 23.2 Å². The number of methoxy groups -OCH3 is 3. The summed E-state index contributed by atoms with van der Waals surface area (Å²) < 4.78 is 25.4. The molecule has 6 rings (SSSR count). The Morgan fingerprint density at radius 2 is 1.57 bits per heavy atom. The molecule has 0 unspecified atom stereocenters. The molecule has 2 aliphatic heterocycles.